The van der Waals surface area contributed by atoms with Gasteiger partial charge in [-0.3, -0.25) is 0 Å². The quantitative estimate of drug-likeness (QED) is 0.791. The number of aromatic nitrogens is 2. The van der Waals surface area contributed by atoms with Crippen LogP contribution in [0.3, 0.4) is 0 Å². The normalized spacial score (nSPS) is 11.8. The van der Waals surface area contributed by atoms with Crippen molar-refractivity contribution in [1.29, 1.82) is 0 Å². The third-order valence-electron chi connectivity index (χ3n) is 3.21. The van der Waals surface area contributed by atoms with E-state index in [1.165, 1.54) is 18.3 Å². The van der Waals surface area contributed by atoms with Crippen molar-refractivity contribution in [3.05, 3.63) is 47.2 Å². The molecule has 0 N–H and O–H groups in total. The Bertz CT molecular complexity index is 756. The van der Waals surface area contributed by atoms with Crippen molar-refractivity contribution in [3.63, 3.8) is 0 Å². The van der Waals surface area contributed by atoms with Gasteiger partial charge in [-0.05, 0) is 36.6 Å². The van der Waals surface area contributed by atoms with E-state index in [4.69, 9.17) is 10.7 Å². The largest absolute Gasteiger partial charge is 0.329 e. The molecule has 2 aromatic rings. The van der Waals surface area contributed by atoms with Crippen LogP contribution in [0.25, 0.3) is 0 Å². The van der Waals surface area contributed by atoms with Gasteiger partial charge in [0.15, 0.2) is 5.03 Å². The summed E-state index contributed by atoms with van der Waals surface area (Å²) in [5.74, 6) is 0.304. The Hall–Kier alpha value is -1.40. The van der Waals surface area contributed by atoms with Gasteiger partial charge in [-0.2, -0.15) is 0 Å². The highest BCUT2D eigenvalue weighted by Gasteiger charge is 2.18. The molecule has 0 spiro atoms. The molecule has 1 heterocycles. The third-order valence-corrected chi connectivity index (χ3v) is 4.38. The maximum absolute atomic E-state index is 13.4. The molecule has 0 saturated heterocycles. The van der Waals surface area contributed by atoms with Crippen LogP contribution in [0.5, 0.6) is 0 Å². The van der Waals surface area contributed by atoms with E-state index in [-0.39, 0.29) is 10.8 Å². The Kier molecular flexibility index (Phi) is 4.68. The molecule has 1 aromatic carbocycles. The molecule has 21 heavy (non-hydrogen) atoms. The molecule has 0 saturated carbocycles. The summed E-state index contributed by atoms with van der Waals surface area (Å²) >= 11 is 0. The Morgan fingerprint density at radius 2 is 2.10 bits per heavy atom. The third kappa shape index (κ3) is 3.83. The maximum atomic E-state index is 13.4. The number of imidazole rings is 1. The highest BCUT2D eigenvalue weighted by atomic mass is 35.7. The smallest absolute Gasteiger partial charge is 0.280 e. The van der Waals surface area contributed by atoms with Crippen LogP contribution >= 0.6 is 10.7 Å². The molecule has 0 aliphatic rings. The molecule has 0 amide bonds. The van der Waals surface area contributed by atoms with Gasteiger partial charge in [0.1, 0.15) is 11.6 Å². The predicted molar refractivity (Wildman–Crippen MR) is 79.5 cm³/mol. The van der Waals surface area contributed by atoms with Crippen LogP contribution in [0.2, 0.25) is 0 Å². The fourth-order valence-electron chi connectivity index (χ4n) is 2.10. The Labute approximate surface area is 128 Å². The topological polar surface area (TPSA) is 52.0 Å². The molecule has 1 aromatic heterocycles. The first-order chi connectivity index (χ1) is 9.81. The molecule has 4 nitrogen and oxygen atoms in total. The Morgan fingerprint density at radius 3 is 2.71 bits per heavy atom. The number of benzene rings is 1. The van der Waals surface area contributed by atoms with Crippen LogP contribution in [-0.2, 0) is 22.0 Å². The van der Waals surface area contributed by atoms with Gasteiger partial charge in [0.2, 0.25) is 0 Å². The zero-order valence-corrected chi connectivity index (χ0v) is 13.4. The van der Waals surface area contributed by atoms with Crippen molar-refractivity contribution >= 4 is 19.7 Å². The van der Waals surface area contributed by atoms with Crippen LogP contribution in [0, 0.1) is 12.7 Å². The van der Waals surface area contributed by atoms with Gasteiger partial charge in [0, 0.05) is 29.8 Å². The second kappa shape index (κ2) is 6.15. The van der Waals surface area contributed by atoms with Gasteiger partial charge in [0.05, 0.1) is 0 Å². The summed E-state index contributed by atoms with van der Waals surface area (Å²) in [5.41, 5.74) is 1.71. The molecule has 7 heteroatoms. The van der Waals surface area contributed by atoms with Gasteiger partial charge in [-0.25, -0.2) is 17.8 Å². The van der Waals surface area contributed by atoms with Crippen molar-refractivity contribution in [2.75, 3.05) is 0 Å². The van der Waals surface area contributed by atoms with Gasteiger partial charge >= 0.3 is 0 Å². The lowest BCUT2D eigenvalue weighted by Gasteiger charge is -2.09. The summed E-state index contributed by atoms with van der Waals surface area (Å²) in [4.78, 5) is 4.07. The average molecular weight is 331 g/mol. The molecule has 0 radical (unpaired) electrons. The fourth-order valence-corrected chi connectivity index (χ4v) is 2.79. The van der Waals surface area contributed by atoms with E-state index in [9.17, 15) is 12.8 Å². The Balaban J connectivity index is 2.43. The van der Waals surface area contributed by atoms with Gasteiger partial charge in [-0.15, -0.1) is 0 Å². The molecule has 0 atom stereocenters. The standard InChI is InChI=1S/C14H16ClFN2O2S/c1-3-4-13-17-14(21(15,19)20)9-18(13)8-11-7-12(16)6-5-10(11)2/h5-7,9H,3-4,8H2,1-2H3. The Morgan fingerprint density at radius 1 is 1.38 bits per heavy atom. The van der Waals surface area contributed by atoms with Crippen LogP contribution in [0.4, 0.5) is 4.39 Å². The van der Waals surface area contributed by atoms with Crippen LogP contribution in [0.1, 0.15) is 30.3 Å². The van der Waals surface area contributed by atoms with E-state index in [0.29, 0.717) is 18.8 Å². The lowest BCUT2D eigenvalue weighted by molar-refractivity contribution is 0.606. The van der Waals surface area contributed by atoms with Crippen molar-refractivity contribution in [2.24, 2.45) is 0 Å². The summed E-state index contributed by atoms with van der Waals surface area (Å²) in [6.07, 6.45) is 2.85. The molecule has 0 unspecified atom stereocenters. The minimum Gasteiger partial charge on any atom is -0.329 e. The summed E-state index contributed by atoms with van der Waals surface area (Å²) in [7, 11) is 1.47. The molecule has 0 aliphatic heterocycles. The number of nitrogens with zero attached hydrogens (tertiary/aromatic N) is 2. The van der Waals surface area contributed by atoms with Crippen LogP contribution in [0.15, 0.2) is 29.4 Å². The molecule has 2 rings (SSSR count). The van der Waals surface area contributed by atoms with Gasteiger partial charge < -0.3 is 4.57 Å². The zero-order valence-electron chi connectivity index (χ0n) is 11.8. The first-order valence-corrected chi connectivity index (χ1v) is 8.88. The van der Waals surface area contributed by atoms with E-state index < -0.39 is 9.05 Å². The van der Waals surface area contributed by atoms with Crippen molar-refractivity contribution in [1.82, 2.24) is 9.55 Å². The van der Waals surface area contributed by atoms with E-state index in [2.05, 4.69) is 4.98 Å². The molecular weight excluding hydrogens is 315 g/mol. The minimum atomic E-state index is -3.87. The van der Waals surface area contributed by atoms with E-state index >= 15 is 0 Å². The highest BCUT2D eigenvalue weighted by molar-refractivity contribution is 8.13. The number of aryl methyl sites for hydroxylation is 2. The monoisotopic (exact) mass is 330 g/mol. The second-order valence-corrected chi connectivity index (χ2v) is 7.39. The number of halogens is 2. The lowest BCUT2D eigenvalue weighted by atomic mass is 10.1. The zero-order chi connectivity index (χ0) is 15.6. The van der Waals surface area contributed by atoms with Crippen molar-refractivity contribution in [2.45, 2.75) is 38.3 Å². The van der Waals surface area contributed by atoms with Crippen LogP contribution < -0.4 is 0 Å². The molecule has 114 valence electrons. The first-order valence-electron chi connectivity index (χ1n) is 6.57. The van der Waals surface area contributed by atoms with Gasteiger partial charge in [0.25, 0.3) is 9.05 Å². The highest BCUT2D eigenvalue weighted by Crippen LogP contribution is 2.19. The van der Waals surface area contributed by atoms with Crippen molar-refractivity contribution in [3.8, 4) is 0 Å². The second-order valence-electron chi connectivity index (χ2n) is 4.88. The SMILES string of the molecule is CCCc1nc(S(=O)(=O)Cl)cn1Cc1cc(F)ccc1C. The predicted octanol–water partition coefficient (Wildman–Crippen LogP) is 3.26. The fraction of sp³-hybridized carbons (Fsp3) is 0.357. The summed E-state index contributed by atoms with van der Waals surface area (Å²) in [5, 5.41) is -0.165. The maximum Gasteiger partial charge on any atom is 0.280 e. The molecule has 0 bridgehead atoms. The van der Waals surface area contributed by atoms with Crippen molar-refractivity contribution < 1.29 is 12.8 Å². The number of hydrogen-bond acceptors (Lipinski definition) is 3. The molecule has 0 aliphatic carbocycles. The van der Waals surface area contributed by atoms with E-state index in [1.807, 2.05) is 13.8 Å². The van der Waals surface area contributed by atoms with Gasteiger partial charge in [-0.1, -0.05) is 13.0 Å². The molecular formula is C14H16ClFN2O2S. The van der Waals surface area contributed by atoms with E-state index in [1.54, 1.807) is 10.6 Å². The summed E-state index contributed by atoms with van der Waals surface area (Å²) in [6, 6.07) is 4.54. The number of hydrogen-bond donors (Lipinski definition) is 0. The molecule has 0 fully saturated rings. The number of rotatable bonds is 5. The van der Waals surface area contributed by atoms with E-state index in [0.717, 1.165) is 17.5 Å². The summed E-state index contributed by atoms with van der Waals surface area (Å²) in [6.45, 7) is 4.21. The average Bonchev–Trinajstić information content (AvgIpc) is 2.78. The summed E-state index contributed by atoms with van der Waals surface area (Å²) < 4.78 is 37.9. The first kappa shape index (κ1) is 16.0. The van der Waals surface area contributed by atoms with Crippen LogP contribution in [-0.4, -0.2) is 18.0 Å². The minimum absolute atomic E-state index is 0.165. The lowest BCUT2D eigenvalue weighted by Crippen LogP contribution is -2.05.